The van der Waals surface area contributed by atoms with Gasteiger partial charge in [0.25, 0.3) is 0 Å². The number of fused-ring (bicyclic) bond motifs is 1. The van der Waals surface area contributed by atoms with Gasteiger partial charge in [-0.1, -0.05) is 26.7 Å². The molecule has 0 amide bonds. The van der Waals surface area contributed by atoms with Crippen LogP contribution in [-0.2, 0) is 9.47 Å². The van der Waals surface area contributed by atoms with Crippen molar-refractivity contribution in [3.63, 3.8) is 0 Å². The monoisotopic (exact) mass is 270 g/mol. The topological polar surface area (TPSA) is 33.7 Å². The maximum absolute atomic E-state index is 5.96. The second-order valence-electron chi connectivity index (χ2n) is 6.17. The molecule has 112 valence electrons. The number of hydrogen-bond acceptors (Lipinski definition) is 4. The molecule has 1 aliphatic heterocycles. The first-order valence-corrected chi connectivity index (χ1v) is 7.82. The Bertz CT molecular complexity index is 259. The highest BCUT2D eigenvalue weighted by molar-refractivity contribution is 4.91. The fourth-order valence-corrected chi connectivity index (χ4v) is 3.42. The average molecular weight is 270 g/mol. The number of ether oxygens (including phenoxy) is 2. The Morgan fingerprint density at radius 1 is 1.32 bits per heavy atom. The molecule has 0 bridgehead atoms. The minimum Gasteiger partial charge on any atom is -0.383 e. The summed E-state index contributed by atoms with van der Waals surface area (Å²) in [5.74, 6) is 0. The summed E-state index contributed by atoms with van der Waals surface area (Å²) in [5.41, 5.74) is 0. The molecule has 0 aromatic heterocycles. The molecule has 0 aromatic rings. The van der Waals surface area contributed by atoms with Crippen LogP contribution in [0.5, 0.6) is 0 Å². The van der Waals surface area contributed by atoms with Crippen molar-refractivity contribution in [2.75, 3.05) is 33.4 Å². The van der Waals surface area contributed by atoms with E-state index in [0.717, 1.165) is 26.3 Å². The van der Waals surface area contributed by atoms with Gasteiger partial charge in [0.2, 0.25) is 0 Å². The van der Waals surface area contributed by atoms with Gasteiger partial charge in [-0.2, -0.15) is 0 Å². The molecule has 2 rings (SSSR count). The van der Waals surface area contributed by atoms with Gasteiger partial charge in [-0.25, -0.2) is 0 Å². The van der Waals surface area contributed by atoms with Gasteiger partial charge in [0, 0.05) is 38.3 Å². The number of rotatable bonds is 6. The normalized spacial score (nSPS) is 30.3. The molecular weight excluding hydrogens is 240 g/mol. The molecule has 1 heterocycles. The van der Waals surface area contributed by atoms with Crippen molar-refractivity contribution in [2.45, 2.75) is 63.8 Å². The molecule has 1 aliphatic carbocycles. The van der Waals surface area contributed by atoms with Crippen LogP contribution in [0.1, 0.15) is 39.5 Å². The van der Waals surface area contributed by atoms with E-state index in [0.29, 0.717) is 24.2 Å². The van der Waals surface area contributed by atoms with E-state index in [2.05, 4.69) is 24.1 Å². The first-order chi connectivity index (χ1) is 9.22. The Balaban J connectivity index is 1.97. The maximum Gasteiger partial charge on any atom is 0.0731 e. The van der Waals surface area contributed by atoms with E-state index < -0.39 is 0 Å². The van der Waals surface area contributed by atoms with Gasteiger partial charge in [0.15, 0.2) is 0 Å². The van der Waals surface area contributed by atoms with Crippen molar-refractivity contribution in [2.24, 2.45) is 0 Å². The molecule has 0 radical (unpaired) electrons. The Labute approximate surface area is 117 Å². The van der Waals surface area contributed by atoms with Crippen molar-refractivity contribution in [3.8, 4) is 0 Å². The van der Waals surface area contributed by atoms with Crippen molar-refractivity contribution in [1.29, 1.82) is 0 Å². The van der Waals surface area contributed by atoms with Gasteiger partial charge >= 0.3 is 0 Å². The number of nitrogens with zero attached hydrogens (tertiary/aromatic N) is 1. The molecule has 4 nitrogen and oxygen atoms in total. The second-order valence-corrected chi connectivity index (χ2v) is 6.17. The van der Waals surface area contributed by atoms with Crippen LogP contribution >= 0.6 is 0 Å². The number of hydrogen-bond donors (Lipinski definition) is 1. The summed E-state index contributed by atoms with van der Waals surface area (Å²) in [6.07, 6.45) is 5.65. The predicted octanol–water partition coefficient (Wildman–Crippen LogP) is 1.64. The molecular formula is C15H30N2O2. The molecule has 0 aromatic carbocycles. The molecule has 1 saturated heterocycles. The van der Waals surface area contributed by atoms with Crippen LogP contribution in [0.25, 0.3) is 0 Å². The van der Waals surface area contributed by atoms with E-state index >= 15 is 0 Å². The van der Waals surface area contributed by atoms with Crippen LogP contribution in [0.3, 0.4) is 0 Å². The number of methoxy groups -OCH3 is 1. The zero-order valence-electron chi connectivity index (χ0n) is 12.7. The lowest BCUT2D eigenvalue weighted by Gasteiger charge is -2.47. The summed E-state index contributed by atoms with van der Waals surface area (Å²) in [4.78, 5) is 2.65. The molecule has 19 heavy (non-hydrogen) atoms. The predicted molar refractivity (Wildman–Crippen MR) is 77.5 cm³/mol. The van der Waals surface area contributed by atoms with Gasteiger partial charge in [-0.3, -0.25) is 4.90 Å². The Morgan fingerprint density at radius 3 is 2.84 bits per heavy atom. The van der Waals surface area contributed by atoms with Crippen LogP contribution in [-0.4, -0.2) is 62.5 Å². The standard InChI is InChI=1S/C15H30N2O2/c1-12(2)16-10-13(11-18-3)17-8-9-19-15-7-5-4-6-14(15)17/h12-16H,4-11H2,1-3H3. The minimum absolute atomic E-state index is 0.459. The Hall–Kier alpha value is -0.160. The van der Waals surface area contributed by atoms with Crippen LogP contribution in [0.4, 0.5) is 0 Å². The van der Waals surface area contributed by atoms with E-state index in [1.54, 1.807) is 7.11 Å². The van der Waals surface area contributed by atoms with Crippen LogP contribution in [0.15, 0.2) is 0 Å². The summed E-state index contributed by atoms with van der Waals surface area (Å²) < 4.78 is 11.4. The third-order valence-electron chi connectivity index (χ3n) is 4.36. The van der Waals surface area contributed by atoms with Gasteiger partial charge < -0.3 is 14.8 Å². The molecule has 0 spiro atoms. The Morgan fingerprint density at radius 2 is 2.11 bits per heavy atom. The number of nitrogens with one attached hydrogen (secondary N) is 1. The molecule has 4 heteroatoms. The smallest absolute Gasteiger partial charge is 0.0731 e. The minimum atomic E-state index is 0.459. The van der Waals surface area contributed by atoms with Crippen molar-refractivity contribution in [1.82, 2.24) is 10.2 Å². The zero-order chi connectivity index (χ0) is 13.7. The lowest BCUT2D eigenvalue weighted by molar-refractivity contribution is -0.109. The fourth-order valence-electron chi connectivity index (χ4n) is 3.42. The SMILES string of the molecule is COCC(CNC(C)C)N1CCOC2CCCCC21. The van der Waals surface area contributed by atoms with E-state index in [4.69, 9.17) is 9.47 Å². The zero-order valence-corrected chi connectivity index (χ0v) is 12.7. The molecule has 1 N–H and O–H groups in total. The highest BCUT2D eigenvalue weighted by Crippen LogP contribution is 2.29. The molecule has 2 aliphatic rings. The molecule has 2 fully saturated rings. The number of morpholine rings is 1. The Kier molecular flexibility index (Phi) is 6.07. The van der Waals surface area contributed by atoms with Crippen LogP contribution < -0.4 is 5.32 Å². The first kappa shape index (κ1) is 15.2. The summed E-state index contributed by atoms with van der Waals surface area (Å²) in [5, 5.41) is 3.56. The highest BCUT2D eigenvalue weighted by atomic mass is 16.5. The second kappa shape index (κ2) is 7.58. The summed E-state index contributed by atoms with van der Waals surface area (Å²) in [6, 6.07) is 1.61. The van der Waals surface area contributed by atoms with Crippen molar-refractivity contribution >= 4 is 0 Å². The average Bonchev–Trinajstić information content (AvgIpc) is 2.43. The summed E-state index contributed by atoms with van der Waals surface area (Å²) in [7, 11) is 1.81. The molecule has 1 saturated carbocycles. The van der Waals surface area contributed by atoms with E-state index in [9.17, 15) is 0 Å². The molecule has 3 unspecified atom stereocenters. The van der Waals surface area contributed by atoms with E-state index in [-0.39, 0.29) is 0 Å². The van der Waals surface area contributed by atoms with Crippen LogP contribution in [0.2, 0.25) is 0 Å². The van der Waals surface area contributed by atoms with E-state index in [1.807, 2.05) is 0 Å². The van der Waals surface area contributed by atoms with Gasteiger partial charge in [0.05, 0.1) is 19.3 Å². The van der Waals surface area contributed by atoms with Crippen LogP contribution in [0, 0.1) is 0 Å². The highest BCUT2D eigenvalue weighted by Gasteiger charge is 2.37. The quantitative estimate of drug-likeness (QED) is 0.795. The summed E-state index contributed by atoms with van der Waals surface area (Å²) in [6.45, 7) is 8.15. The lowest BCUT2D eigenvalue weighted by atomic mass is 9.89. The third kappa shape index (κ3) is 4.15. The van der Waals surface area contributed by atoms with Gasteiger partial charge in [0.1, 0.15) is 0 Å². The first-order valence-electron chi connectivity index (χ1n) is 7.82. The van der Waals surface area contributed by atoms with Gasteiger partial charge in [-0.05, 0) is 12.8 Å². The third-order valence-corrected chi connectivity index (χ3v) is 4.36. The maximum atomic E-state index is 5.96. The largest absolute Gasteiger partial charge is 0.383 e. The van der Waals surface area contributed by atoms with E-state index in [1.165, 1.54) is 25.7 Å². The lowest BCUT2D eigenvalue weighted by Crippen LogP contribution is -2.59. The van der Waals surface area contributed by atoms with Gasteiger partial charge in [-0.15, -0.1) is 0 Å². The van der Waals surface area contributed by atoms with Crippen molar-refractivity contribution in [3.05, 3.63) is 0 Å². The van der Waals surface area contributed by atoms with Crippen molar-refractivity contribution < 1.29 is 9.47 Å². The summed E-state index contributed by atoms with van der Waals surface area (Å²) >= 11 is 0. The fraction of sp³-hybridized carbons (Fsp3) is 1.00. The molecule has 3 atom stereocenters.